The van der Waals surface area contributed by atoms with E-state index in [0.29, 0.717) is 36.2 Å². The van der Waals surface area contributed by atoms with Gasteiger partial charge in [0.1, 0.15) is 0 Å². The lowest BCUT2D eigenvalue weighted by molar-refractivity contribution is -0.259. The summed E-state index contributed by atoms with van der Waals surface area (Å²) >= 11 is 0. The monoisotopic (exact) mass is 522 g/mol. The zero-order chi connectivity index (χ0) is 26.5. The van der Waals surface area contributed by atoms with Gasteiger partial charge < -0.3 is 19.8 Å². The molecular formula is C32H46N2O4-2. The van der Waals surface area contributed by atoms with Crippen molar-refractivity contribution < 1.29 is 19.8 Å². The number of rotatable bonds is 12. The predicted octanol–water partition coefficient (Wildman–Crippen LogP) is 3.87. The molecule has 0 spiro atoms. The number of hydrogen-bond acceptors (Lipinski definition) is 6. The molecule has 5 rings (SSSR count). The second-order valence-electron chi connectivity index (χ2n) is 12.4. The molecule has 210 valence electrons. The van der Waals surface area contributed by atoms with Crippen molar-refractivity contribution in [1.82, 2.24) is 9.80 Å². The molecule has 0 radical (unpaired) electrons. The van der Waals surface area contributed by atoms with Gasteiger partial charge >= 0.3 is 0 Å². The maximum absolute atomic E-state index is 12.4. The van der Waals surface area contributed by atoms with Crippen LogP contribution in [0.4, 0.5) is 0 Å². The van der Waals surface area contributed by atoms with Crippen LogP contribution in [0, 0.1) is 0 Å². The second-order valence-corrected chi connectivity index (χ2v) is 12.4. The Morgan fingerprint density at radius 2 is 1.00 bits per heavy atom. The SMILES string of the molecule is O=C([O-])c1ccc(CCN(C2CCCC2)C2CCCC2)c(CCN(C2CCCC2)C2CCCC2)c1C(=O)[O-]. The van der Waals surface area contributed by atoms with Gasteiger partial charge in [-0.2, -0.15) is 0 Å². The number of hydrogen-bond donors (Lipinski definition) is 0. The lowest BCUT2D eigenvalue weighted by atomic mass is 9.91. The number of carbonyl (C=O) groups is 2. The molecule has 0 aliphatic heterocycles. The smallest absolute Gasteiger partial charge is 0.0724 e. The Labute approximate surface area is 228 Å². The molecular weight excluding hydrogens is 476 g/mol. The van der Waals surface area contributed by atoms with Crippen molar-refractivity contribution in [2.24, 2.45) is 0 Å². The molecule has 1 aromatic carbocycles. The van der Waals surface area contributed by atoms with Crippen LogP contribution in [0.3, 0.4) is 0 Å². The summed E-state index contributed by atoms with van der Waals surface area (Å²) in [5.74, 6) is -2.82. The average Bonchev–Trinajstić information content (AvgIpc) is 3.72. The van der Waals surface area contributed by atoms with Crippen LogP contribution in [0.15, 0.2) is 12.1 Å². The Hall–Kier alpha value is -1.92. The molecule has 0 heterocycles. The van der Waals surface area contributed by atoms with Crippen molar-refractivity contribution in [3.63, 3.8) is 0 Å². The van der Waals surface area contributed by atoms with E-state index in [4.69, 9.17) is 0 Å². The molecule has 38 heavy (non-hydrogen) atoms. The highest BCUT2D eigenvalue weighted by atomic mass is 16.4. The molecule has 0 N–H and O–H groups in total. The van der Waals surface area contributed by atoms with Gasteiger partial charge in [-0.3, -0.25) is 9.80 Å². The highest BCUT2D eigenvalue weighted by Gasteiger charge is 2.32. The Morgan fingerprint density at radius 1 is 0.605 bits per heavy atom. The first-order chi connectivity index (χ1) is 18.5. The fourth-order valence-corrected chi connectivity index (χ4v) is 8.37. The van der Waals surface area contributed by atoms with E-state index in [0.717, 1.165) is 25.1 Å². The molecule has 0 bridgehead atoms. The number of aromatic carboxylic acids is 2. The van der Waals surface area contributed by atoms with Crippen LogP contribution >= 0.6 is 0 Å². The molecule has 6 heteroatoms. The highest BCUT2D eigenvalue weighted by molar-refractivity contribution is 6.01. The molecule has 4 aliphatic carbocycles. The van der Waals surface area contributed by atoms with Gasteiger partial charge in [-0.25, -0.2) is 0 Å². The molecule has 0 aromatic heterocycles. The Bertz CT molecular complexity index is 922. The number of carboxylic acid groups (broad SMARTS) is 2. The summed E-state index contributed by atoms with van der Waals surface area (Å²) in [6.07, 6.45) is 21.5. The van der Waals surface area contributed by atoms with Crippen LogP contribution in [-0.2, 0) is 12.8 Å². The summed E-state index contributed by atoms with van der Waals surface area (Å²) < 4.78 is 0. The summed E-state index contributed by atoms with van der Waals surface area (Å²) in [7, 11) is 0. The van der Waals surface area contributed by atoms with Gasteiger partial charge in [0.15, 0.2) is 0 Å². The quantitative estimate of drug-likeness (QED) is 0.414. The predicted molar refractivity (Wildman–Crippen MR) is 145 cm³/mol. The number of carbonyl (C=O) groups excluding carboxylic acids is 2. The van der Waals surface area contributed by atoms with E-state index < -0.39 is 11.9 Å². The zero-order valence-electron chi connectivity index (χ0n) is 23.1. The van der Waals surface area contributed by atoms with Crippen molar-refractivity contribution in [3.05, 3.63) is 34.4 Å². The Morgan fingerprint density at radius 3 is 1.37 bits per heavy atom. The maximum Gasteiger partial charge on any atom is 0.0724 e. The lowest BCUT2D eigenvalue weighted by Crippen LogP contribution is -2.43. The summed E-state index contributed by atoms with van der Waals surface area (Å²) in [6, 6.07) is 5.70. The number of nitrogens with zero attached hydrogens (tertiary/aromatic N) is 2. The van der Waals surface area contributed by atoms with Crippen molar-refractivity contribution >= 4 is 11.9 Å². The van der Waals surface area contributed by atoms with Crippen molar-refractivity contribution in [1.29, 1.82) is 0 Å². The van der Waals surface area contributed by atoms with E-state index in [1.54, 1.807) is 0 Å². The van der Waals surface area contributed by atoms with Gasteiger partial charge in [-0.15, -0.1) is 0 Å². The molecule has 6 nitrogen and oxygen atoms in total. The summed E-state index contributed by atoms with van der Waals surface area (Å²) in [5, 5.41) is 24.3. The second kappa shape index (κ2) is 13.0. The highest BCUT2D eigenvalue weighted by Crippen LogP contribution is 2.34. The van der Waals surface area contributed by atoms with Gasteiger partial charge in [0, 0.05) is 48.4 Å². The van der Waals surface area contributed by atoms with Gasteiger partial charge in [-0.05, 0) is 75.3 Å². The van der Waals surface area contributed by atoms with E-state index in [1.165, 1.54) is 109 Å². The van der Waals surface area contributed by atoms with E-state index in [2.05, 4.69) is 9.80 Å². The van der Waals surface area contributed by atoms with Crippen molar-refractivity contribution in [2.75, 3.05) is 13.1 Å². The summed E-state index contributed by atoms with van der Waals surface area (Å²) in [5.41, 5.74) is 1.27. The molecule has 1 aromatic rings. The third-order valence-corrected chi connectivity index (χ3v) is 10.3. The van der Waals surface area contributed by atoms with Crippen LogP contribution in [-0.4, -0.2) is 59.0 Å². The third kappa shape index (κ3) is 6.28. The van der Waals surface area contributed by atoms with Crippen LogP contribution in [0.1, 0.15) is 135 Å². The molecule has 0 saturated heterocycles. The van der Waals surface area contributed by atoms with Gasteiger partial charge in [0.25, 0.3) is 0 Å². The van der Waals surface area contributed by atoms with Crippen LogP contribution in [0.2, 0.25) is 0 Å². The van der Waals surface area contributed by atoms with E-state index >= 15 is 0 Å². The standard InChI is InChI=1S/C32H48N2O4/c35-31(36)29-18-17-23(19-21-33(24-9-1-2-10-24)25-11-3-4-12-25)28(30(29)32(37)38)20-22-34(26-13-5-6-14-26)27-15-7-8-16-27/h17-18,24-27H,1-16,19-22H2,(H,35,36)(H,37,38)/p-2. The van der Waals surface area contributed by atoms with Crippen molar-refractivity contribution in [2.45, 2.75) is 140 Å². The minimum absolute atomic E-state index is 0.145. The molecule has 4 aliphatic rings. The van der Waals surface area contributed by atoms with E-state index in [1.807, 2.05) is 6.07 Å². The first-order valence-electron chi connectivity index (χ1n) is 15.6. The van der Waals surface area contributed by atoms with Gasteiger partial charge in [-0.1, -0.05) is 63.5 Å². The fourth-order valence-electron chi connectivity index (χ4n) is 8.37. The number of benzene rings is 1. The first kappa shape index (κ1) is 27.6. The molecule has 4 fully saturated rings. The first-order valence-corrected chi connectivity index (χ1v) is 15.6. The minimum atomic E-state index is -1.43. The largest absolute Gasteiger partial charge is 0.545 e. The van der Waals surface area contributed by atoms with Crippen LogP contribution in [0.5, 0.6) is 0 Å². The van der Waals surface area contributed by atoms with E-state index in [-0.39, 0.29) is 11.1 Å². The molecule has 0 atom stereocenters. The summed E-state index contributed by atoms with van der Waals surface area (Å²) in [4.78, 5) is 29.7. The average molecular weight is 523 g/mol. The van der Waals surface area contributed by atoms with Gasteiger partial charge in [0.2, 0.25) is 0 Å². The zero-order valence-corrected chi connectivity index (χ0v) is 23.1. The van der Waals surface area contributed by atoms with E-state index in [9.17, 15) is 19.8 Å². The molecule has 0 amide bonds. The molecule has 4 saturated carbocycles. The summed E-state index contributed by atoms with van der Waals surface area (Å²) in [6.45, 7) is 1.70. The van der Waals surface area contributed by atoms with Gasteiger partial charge in [0.05, 0.1) is 11.9 Å². The van der Waals surface area contributed by atoms with Crippen LogP contribution in [0.25, 0.3) is 0 Å². The Kier molecular flexibility index (Phi) is 9.42. The maximum atomic E-state index is 12.4. The third-order valence-electron chi connectivity index (χ3n) is 10.3. The molecule has 0 unspecified atom stereocenters. The lowest BCUT2D eigenvalue weighted by Gasteiger charge is -2.36. The fraction of sp³-hybridized carbons (Fsp3) is 0.750. The van der Waals surface area contributed by atoms with Crippen molar-refractivity contribution in [3.8, 4) is 0 Å². The Balaban J connectivity index is 1.41. The van der Waals surface area contributed by atoms with Crippen LogP contribution < -0.4 is 10.2 Å². The number of carboxylic acids is 2. The topological polar surface area (TPSA) is 86.7 Å². The minimum Gasteiger partial charge on any atom is -0.545 e. The normalized spacial score (nSPS) is 21.9.